The summed E-state index contributed by atoms with van der Waals surface area (Å²) >= 11 is 7.32. The van der Waals surface area contributed by atoms with Gasteiger partial charge < -0.3 is 20.5 Å². The van der Waals surface area contributed by atoms with Gasteiger partial charge in [0.2, 0.25) is 0 Å². The number of nitrogens with zero attached hydrogens (tertiary/aromatic N) is 1. The van der Waals surface area contributed by atoms with Gasteiger partial charge in [0, 0.05) is 23.5 Å². The van der Waals surface area contributed by atoms with E-state index in [1.807, 2.05) is 37.3 Å². The van der Waals surface area contributed by atoms with E-state index in [0.717, 1.165) is 29.3 Å². The minimum atomic E-state index is -0.625. The number of halogens is 2. The van der Waals surface area contributed by atoms with Crippen molar-refractivity contribution in [2.24, 2.45) is 10.9 Å². The molecule has 3 N–H and O–H groups in total. The summed E-state index contributed by atoms with van der Waals surface area (Å²) in [5.41, 5.74) is 1.06. The van der Waals surface area contributed by atoms with Gasteiger partial charge in [-0.05, 0) is 43.9 Å². The standard InChI is InChI=1S/C20H26ClN3O2S.HI/c1-2-22-20(24-12-16(25)18-9-10-19(21)27-18)23-11-15-5-3-4-6-17(15)26-13-14-7-8-14;/h3-6,9-10,14,16,25H,2,7-8,11-13H2,1H3,(H2,22,23,24);1H. The first-order valence-electron chi connectivity index (χ1n) is 9.32. The van der Waals surface area contributed by atoms with Crippen molar-refractivity contribution in [3.8, 4) is 5.75 Å². The lowest BCUT2D eigenvalue weighted by molar-refractivity contribution is 0.184. The Labute approximate surface area is 192 Å². The number of hydrogen-bond donors (Lipinski definition) is 3. The van der Waals surface area contributed by atoms with Gasteiger partial charge in [-0.1, -0.05) is 29.8 Å². The quantitative estimate of drug-likeness (QED) is 0.250. The van der Waals surface area contributed by atoms with Crippen molar-refractivity contribution in [3.63, 3.8) is 0 Å². The molecule has 0 bridgehead atoms. The summed E-state index contributed by atoms with van der Waals surface area (Å²) in [4.78, 5) is 5.47. The van der Waals surface area contributed by atoms with Crippen LogP contribution in [0.2, 0.25) is 4.34 Å². The fourth-order valence-electron chi connectivity index (χ4n) is 2.57. The summed E-state index contributed by atoms with van der Waals surface area (Å²) in [5.74, 6) is 2.28. The lowest BCUT2D eigenvalue weighted by Gasteiger charge is -2.15. The maximum Gasteiger partial charge on any atom is 0.191 e. The molecule has 1 unspecified atom stereocenters. The summed E-state index contributed by atoms with van der Waals surface area (Å²) in [5, 5.41) is 16.7. The molecule has 0 radical (unpaired) electrons. The van der Waals surface area contributed by atoms with E-state index < -0.39 is 6.10 Å². The monoisotopic (exact) mass is 535 g/mol. The highest BCUT2D eigenvalue weighted by atomic mass is 127. The molecule has 1 heterocycles. The van der Waals surface area contributed by atoms with Gasteiger partial charge in [-0.25, -0.2) is 4.99 Å². The zero-order chi connectivity index (χ0) is 19.1. The molecular weight excluding hydrogens is 509 g/mol. The summed E-state index contributed by atoms with van der Waals surface area (Å²) in [6.07, 6.45) is 1.92. The second kappa shape index (κ2) is 11.8. The van der Waals surface area contributed by atoms with E-state index in [2.05, 4.69) is 15.6 Å². The Kier molecular flexibility index (Phi) is 9.84. The molecule has 1 aliphatic carbocycles. The van der Waals surface area contributed by atoms with Crippen molar-refractivity contribution < 1.29 is 9.84 Å². The first kappa shape index (κ1) is 23.3. The van der Waals surface area contributed by atoms with Crippen molar-refractivity contribution in [1.29, 1.82) is 0 Å². The van der Waals surface area contributed by atoms with Crippen LogP contribution in [0.25, 0.3) is 0 Å². The van der Waals surface area contributed by atoms with Crippen LogP contribution in [0.4, 0.5) is 0 Å². The number of benzene rings is 1. The normalized spacial score (nSPS) is 14.9. The smallest absolute Gasteiger partial charge is 0.191 e. The summed E-state index contributed by atoms with van der Waals surface area (Å²) < 4.78 is 6.62. The van der Waals surface area contributed by atoms with Crippen molar-refractivity contribution in [1.82, 2.24) is 10.6 Å². The first-order valence-corrected chi connectivity index (χ1v) is 10.5. The van der Waals surface area contributed by atoms with Gasteiger partial charge in [-0.3, -0.25) is 0 Å². The van der Waals surface area contributed by atoms with Crippen LogP contribution in [0, 0.1) is 5.92 Å². The Bertz CT molecular complexity index is 767. The number of aliphatic hydroxyl groups is 1. The second-order valence-corrected chi connectivity index (χ2v) is 8.34. The molecular formula is C20H27ClIN3O2S. The SMILES string of the molecule is CCNC(=NCc1ccccc1OCC1CC1)NCC(O)c1ccc(Cl)s1.I. The zero-order valence-corrected chi connectivity index (χ0v) is 19.8. The van der Waals surface area contributed by atoms with Gasteiger partial charge >= 0.3 is 0 Å². The largest absolute Gasteiger partial charge is 0.493 e. The Morgan fingerprint density at radius 3 is 2.75 bits per heavy atom. The molecule has 1 aliphatic rings. The van der Waals surface area contributed by atoms with Gasteiger partial charge in [0.25, 0.3) is 0 Å². The highest BCUT2D eigenvalue weighted by molar-refractivity contribution is 14.0. The van der Waals surface area contributed by atoms with Crippen molar-refractivity contribution in [2.75, 3.05) is 19.7 Å². The highest BCUT2D eigenvalue weighted by Gasteiger charge is 2.22. The average Bonchev–Trinajstić information content (AvgIpc) is 3.41. The van der Waals surface area contributed by atoms with Gasteiger partial charge in [0.05, 0.1) is 17.5 Å². The van der Waals surface area contributed by atoms with Crippen LogP contribution in [-0.2, 0) is 6.54 Å². The molecule has 0 amide bonds. The number of para-hydroxylation sites is 1. The molecule has 1 atom stereocenters. The average molecular weight is 536 g/mol. The van der Waals surface area contributed by atoms with Crippen LogP contribution >= 0.6 is 46.9 Å². The maximum absolute atomic E-state index is 10.3. The molecule has 1 aromatic heterocycles. The topological polar surface area (TPSA) is 65.9 Å². The third-order valence-corrected chi connectivity index (χ3v) is 5.61. The van der Waals surface area contributed by atoms with Gasteiger partial charge in [0.15, 0.2) is 5.96 Å². The van der Waals surface area contributed by atoms with E-state index in [4.69, 9.17) is 16.3 Å². The Morgan fingerprint density at radius 1 is 1.29 bits per heavy atom. The predicted molar refractivity (Wildman–Crippen MR) is 127 cm³/mol. The highest BCUT2D eigenvalue weighted by Crippen LogP contribution is 2.30. The molecule has 1 aromatic carbocycles. The van der Waals surface area contributed by atoms with E-state index in [9.17, 15) is 5.11 Å². The number of thiophene rings is 1. The summed E-state index contributed by atoms with van der Waals surface area (Å²) in [6.45, 7) is 4.42. The van der Waals surface area contributed by atoms with E-state index in [1.54, 1.807) is 6.07 Å². The van der Waals surface area contributed by atoms with E-state index in [-0.39, 0.29) is 24.0 Å². The molecule has 0 aliphatic heterocycles. The van der Waals surface area contributed by atoms with Crippen LogP contribution in [-0.4, -0.2) is 30.8 Å². The lowest BCUT2D eigenvalue weighted by Crippen LogP contribution is -2.39. The third-order valence-electron chi connectivity index (χ3n) is 4.28. The number of ether oxygens (including phenoxy) is 1. The maximum atomic E-state index is 10.3. The van der Waals surface area contributed by atoms with Crippen LogP contribution in [0.1, 0.15) is 36.3 Å². The Hall–Kier alpha value is -1.03. The molecule has 3 rings (SSSR count). The molecule has 2 aromatic rings. The number of aliphatic imine (C=N–C) groups is 1. The van der Waals surface area contributed by atoms with Crippen LogP contribution in [0.3, 0.4) is 0 Å². The minimum absolute atomic E-state index is 0. The van der Waals surface area contributed by atoms with Crippen molar-refractivity contribution >= 4 is 52.9 Å². The Morgan fingerprint density at radius 2 is 2.07 bits per heavy atom. The molecule has 1 fully saturated rings. The number of hydrogen-bond acceptors (Lipinski definition) is 4. The zero-order valence-electron chi connectivity index (χ0n) is 15.9. The first-order chi connectivity index (χ1) is 13.2. The molecule has 5 nitrogen and oxygen atoms in total. The summed E-state index contributed by atoms with van der Waals surface area (Å²) in [7, 11) is 0. The molecule has 0 spiro atoms. The summed E-state index contributed by atoms with van der Waals surface area (Å²) in [6, 6.07) is 11.7. The second-order valence-electron chi connectivity index (χ2n) is 6.60. The van der Waals surface area contributed by atoms with Crippen molar-refractivity contribution in [2.45, 2.75) is 32.4 Å². The van der Waals surface area contributed by atoms with Gasteiger partial charge in [0.1, 0.15) is 11.9 Å². The number of aliphatic hydroxyl groups excluding tert-OH is 1. The third kappa shape index (κ3) is 7.42. The molecule has 0 saturated heterocycles. The van der Waals surface area contributed by atoms with Crippen molar-refractivity contribution in [3.05, 3.63) is 51.2 Å². The molecule has 28 heavy (non-hydrogen) atoms. The van der Waals surface area contributed by atoms with Gasteiger partial charge in [-0.2, -0.15) is 0 Å². The number of nitrogens with one attached hydrogen (secondary N) is 2. The lowest BCUT2D eigenvalue weighted by atomic mass is 10.2. The van der Waals surface area contributed by atoms with Crippen LogP contribution in [0.15, 0.2) is 41.4 Å². The number of rotatable bonds is 9. The van der Waals surface area contributed by atoms with Gasteiger partial charge in [-0.15, -0.1) is 35.3 Å². The number of guanidine groups is 1. The fourth-order valence-corrected chi connectivity index (χ4v) is 3.62. The van der Waals surface area contributed by atoms with E-state index in [0.29, 0.717) is 29.3 Å². The van der Waals surface area contributed by atoms with Crippen LogP contribution < -0.4 is 15.4 Å². The molecule has 1 saturated carbocycles. The fraction of sp³-hybridized carbons (Fsp3) is 0.450. The van der Waals surface area contributed by atoms with E-state index >= 15 is 0 Å². The Balaban J connectivity index is 0.00000280. The van der Waals surface area contributed by atoms with Crippen LogP contribution in [0.5, 0.6) is 5.75 Å². The van der Waals surface area contributed by atoms with E-state index in [1.165, 1.54) is 24.2 Å². The predicted octanol–water partition coefficient (Wildman–Crippen LogP) is 4.60. The molecule has 154 valence electrons. The molecule has 8 heteroatoms. The minimum Gasteiger partial charge on any atom is -0.493 e.